The molecule has 23 heavy (non-hydrogen) atoms. The highest BCUT2D eigenvalue weighted by molar-refractivity contribution is 7.98. The van der Waals surface area contributed by atoms with E-state index in [0.717, 1.165) is 42.9 Å². The molecule has 0 aliphatic heterocycles. The molecular formula is C18H28N2O2S. The fraction of sp³-hybridized carbons (Fsp3) is 0.611. The molecule has 1 aromatic rings. The average Bonchev–Trinajstić information content (AvgIpc) is 2.55. The molecule has 0 radical (unpaired) electrons. The number of nitrogens with zero attached hydrogens (tertiary/aromatic N) is 1. The molecule has 1 aromatic carbocycles. The van der Waals surface area contributed by atoms with Gasteiger partial charge in [0.1, 0.15) is 0 Å². The Morgan fingerprint density at radius 2 is 2.09 bits per heavy atom. The predicted octanol–water partition coefficient (Wildman–Crippen LogP) is 3.22. The van der Waals surface area contributed by atoms with Crippen LogP contribution in [0, 0.1) is 5.92 Å². The van der Waals surface area contributed by atoms with E-state index in [2.05, 4.69) is 10.2 Å². The second-order valence-electron chi connectivity index (χ2n) is 6.37. The van der Waals surface area contributed by atoms with Crippen molar-refractivity contribution in [2.45, 2.75) is 43.1 Å². The predicted molar refractivity (Wildman–Crippen MR) is 96.9 cm³/mol. The van der Waals surface area contributed by atoms with E-state index in [1.165, 1.54) is 6.42 Å². The van der Waals surface area contributed by atoms with Crippen molar-refractivity contribution in [2.24, 2.45) is 5.92 Å². The standard InChI is InChI=1S/C18H28N2O2S/c1-20(13-14-7-3-5-9-16(14)21)12-11-18(22)19-15-8-4-6-10-17(15)23-2/h4,6,8,10,14,16,21H,3,5,7,9,11-13H2,1-2H3,(H,19,22). The van der Waals surface area contributed by atoms with Gasteiger partial charge in [-0.15, -0.1) is 11.8 Å². The van der Waals surface area contributed by atoms with Crippen LogP contribution in [0.5, 0.6) is 0 Å². The fourth-order valence-electron chi connectivity index (χ4n) is 3.15. The number of aliphatic hydroxyl groups is 1. The zero-order valence-corrected chi connectivity index (χ0v) is 14.9. The maximum absolute atomic E-state index is 12.1. The summed E-state index contributed by atoms with van der Waals surface area (Å²) < 4.78 is 0. The minimum atomic E-state index is -0.173. The summed E-state index contributed by atoms with van der Waals surface area (Å²) in [5, 5.41) is 13.0. The normalized spacial score (nSPS) is 21.4. The number of aliphatic hydroxyl groups excluding tert-OH is 1. The SMILES string of the molecule is CSc1ccccc1NC(=O)CCN(C)CC1CCCCC1O. The van der Waals surface area contributed by atoms with Crippen LogP contribution in [-0.4, -0.2) is 48.4 Å². The summed E-state index contributed by atoms with van der Waals surface area (Å²) in [6.45, 7) is 1.59. The van der Waals surface area contributed by atoms with Crippen LogP contribution in [-0.2, 0) is 4.79 Å². The molecule has 2 N–H and O–H groups in total. The summed E-state index contributed by atoms with van der Waals surface area (Å²) in [5.41, 5.74) is 0.885. The highest BCUT2D eigenvalue weighted by Gasteiger charge is 2.24. The summed E-state index contributed by atoms with van der Waals surface area (Å²) in [4.78, 5) is 15.4. The van der Waals surface area contributed by atoms with Gasteiger partial charge >= 0.3 is 0 Å². The number of rotatable bonds is 7. The number of benzene rings is 1. The van der Waals surface area contributed by atoms with E-state index in [4.69, 9.17) is 0 Å². The summed E-state index contributed by atoms with van der Waals surface area (Å²) >= 11 is 1.63. The molecule has 0 saturated heterocycles. The Hall–Kier alpha value is -1.04. The largest absolute Gasteiger partial charge is 0.393 e. The van der Waals surface area contributed by atoms with Gasteiger partial charge in [-0.05, 0) is 44.2 Å². The van der Waals surface area contributed by atoms with Crippen molar-refractivity contribution < 1.29 is 9.90 Å². The van der Waals surface area contributed by atoms with Crippen molar-refractivity contribution in [3.63, 3.8) is 0 Å². The number of amides is 1. The lowest BCUT2D eigenvalue weighted by Crippen LogP contribution is -2.36. The Kier molecular flexibility index (Phi) is 7.40. The van der Waals surface area contributed by atoms with E-state index in [-0.39, 0.29) is 12.0 Å². The van der Waals surface area contributed by atoms with Crippen molar-refractivity contribution in [1.29, 1.82) is 0 Å². The number of carbonyl (C=O) groups excluding carboxylic acids is 1. The molecule has 0 heterocycles. The molecule has 0 spiro atoms. The maximum atomic E-state index is 12.1. The van der Waals surface area contributed by atoms with Crippen LogP contribution in [0.25, 0.3) is 0 Å². The van der Waals surface area contributed by atoms with Crippen molar-refractivity contribution in [3.05, 3.63) is 24.3 Å². The molecule has 4 nitrogen and oxygen atoms in total. The number of thioether (sulfide) groups is 1. The second kappa shape index (κ2) is 9.30. The third-order valence-corrected chi connectivity index (χ3v) is 5.31. The zero-order chi connectivity index (χ0) is 16.7. The molecule has 1 aliphatic rings. The highest BCUT2D eigenvalue weighted by atomic mass is 32.2. The quantitative estimate of drug-likeness (QED) is 0.751. The smallest absolute Gasteiger partial charge is 0.225 e. The van der Waals surface area contributed by atoms with Crippen molar-refractivity contribution in [1.82, 2.24) is 4.90 Å². The molecule has 1 amide bonds. The number of hydrogen-bond donors (Lipinski definition) is 2. The number of anilines is 1. The van der Waals surface area contributed by atoms with Gasteiger partial charge in [-0.1, -0.05) is 25.0 Å². The van der Waals surface area contributed by atoms with Gasteiger partial charge in [0, 0.05) is 24.4 Å². The first-order chi connectivity index (χ1) is 11.1. The van der Waals surface area contributed by atoms with Crippen molar-refractivity contribution in [3.8, 4) is 0 Å². The Morgan fingerprint density at radius 3 is 2.83 bits per heavy atom. The Morgan fingerprint density at radius 1 is 1.35 bits per heavy atom. The zero-order valence-electron chi connectivity index (χ0n) is 14.1. The van der Waals surface area contributed by atoms with E-state index >= 15 is 0 Å². The topological polar surface area (TPSA) is 52.6 Å². The fourth-order valence-corrected chi connectivity index (χ4v) is 3.70. The van der Waals surface area contributed by atoms with Gasteiger partial charge in [-0.2, -0.15) is 0 Å². The van der Waals surface area contributed by atoms with Gasteiger partial charge < -0.3 is 15.3 Å². The number of hydrogen-bond acceptors (Lipinski definition) is 4. The molecular weight excluding hydrogens is 308 g/mol. The Bertz CT molecular complexity index is 510. The second-order valence-corrected chi connectivity index (χ2v) is 7.22. The Balaban J connectivity index is 1.75. The molecule has 1 aliphatic carbocycles. The average molecular weight is 337 g/mol. The third-order valence-electron chi connectivity index (χ3n) is 4.52. The first-order valence-corrected chi connectivity index (χ1v) is 9.62. The summed E-state index contributed by atoms with van der Waals surface area (Å²) in [6.07, 6.45) is 6.67. The lowest BCUT2D eigenvalue weighted by molar-refractivity contribution is -0.116. The van der Waals surface area contributed by atoms with Crippen LogP contribution in [0.2, 0.25) is 0 Å². The lowest BCUT2D eigenvalue weighted by atomic mass is 9.86. The molecule has 2 rings (SSSR count). The summed E-state index contributed by atoms with van der Waals surface area (Å²) in [7, 11) is 2.03. The lowest BCUT2D eigenvalue weighted by Gasteiger charge is -2.31. The minimum absolute atomic E-state index is 0.0440. The van der Waals surface area contributed by atoms with Crippen molar-refractivity contribution >= 4 is 23.4 Å². The molecule has 2 atom stereocenters. The molecule has 0 aromatic heterocycles. The third kappa shape index (κ3) is 5.83. The first kappa shape index (κ1) is 18.3. The monoisotopic (exact) mass is 336 g/mol. The van der Waals surface area contributed by atoms with Crippen molar-refractivity contribution in [2.75, 3.05) is 31.7 Å². The van der Waals surface area contributed by atoms with Crippen LogP contribution in [0.3, 0.4) is 0 Å². The van der Waals surface area contributed by atoms with Gasteiger partial charge in [0.25, 0.3) is 0 Å². The summed E-state index contributed by atoms with van der Waals surface area (Å²) in [6, 6.07) is 7.86. The van der Waals surface area contributed by atoms with Gasteiger partial charge in [0.05, 0.1) is 11.8 Å². The van der Waals surface area contributed by atoms with Crippen LogP contribution in [0.4, 0.5) is 5.69 Å². The van der Waals surface area contributed by atoms with Gasteiger partial charge in [0.2, 0.25) is 5.91 Å². The van der Waals surface area contributed by atoms with E-state index in [0.29, 0.717) is 12.3 Å². The minimum Gasteiger partial charge on any atom is -0.393 e. The highest BCUT2D eigenvalue weighted by Crippen LogP contribution is 2.26. The molecule has 5 heteroatoms. The van der Waals surface area contributed by atoms with Gasteiger partial charge in [-0.3, -0.25) is 4.79 Å². The van der Waals surface area contributed by atoms with E-state index in [1.54, 1.807) is 11.8 Å². The Labute approximate surface area is 143 Å². The van der Waals surface area contributed by atoms with Crippen LogP contribution in [0.15, 0.2) is 29.2 Å². The number of para-hydroxylation sites is 1. The molecule has 128 valence electrons. The van der Waals surface area contributed by atoms with Crippen LogP contribution >= 0.6 is 11.8 Å². The molecule has 1 saturated carbocycles. The molecule has 0 bridgehead atoms. The van der Waals surface area contributed by atoms with Gasteiger partial charge in [0.15, 0.2) is 0 Å². The number of carbonyl (C=O) groups is 1. The van der Waals surface area contributed by atoms with Crippen LogP contribution in [0.1, 0.15) is 32.1 Å². The summed E-state index contributed by atoms with van der Waals surface area (Å²) in [5.74, 6) is 0.400. The van der Waals surface area contributed by atoms with E-state index in [1.807, 2.05) is 37.6 Å². The van der Waals surface area contributed by atoms with Crippen LogP contribution < -0.4 is 5.32 Å². The first-order valence-electron chi connectivity index (χ1n) is 8.39. The van der Waals surface area contributed by atoms with E-state index in [9.17, 15) is 9.90 Å². The molecule has 2 unspecified atom stereocenters. The van der Waals surface area contributed by atoms with Gasteiger partial charge in [-0.25, -0.2) is 0 Å². The number of nitrogens with one attached hydrogen (secondary N) is 1. The van der Waals surface area contributed by atoms with E-state index < -0.39 is 0 Å². The maximum Gasteiger partial charge on any atom is 0.225 e. The molecule has 1 fully saturated rings.